The normalized spacial score (nSPS) is 14.8. The Morgan fingerprint density at radius 2 is 1.38 bits per heavy atom. The summed E-state index contributed by atoms with van der Waals surface area (Å²) in [6.45, 7) is 4.69. The van der Waals surface area contributed by atoms with Crippen molar-refractivity contribution in [2.75, 3.05) is 4.90 Å². The Morgan fingerprint density at radius 1 is 0.625 bits per heavy atom. The number of pyridine rings is 1. The van der Waals surface area contributed by atoms with Gasteiger partial charge in [-0.15, -0.1) is 0 Å². The van der Waals surface area contributed by atoms with E-state index in [0.29, 0.717) is 0 Å². The van der Waals surface area contributed by atoms with E-state index in [1.165, 1.54) is 55.5 Å². The zero-order chi connectivity index (χ0) is 21.4. The molecule has 0 N–H and O–H groups in total. The number of hydrogen-bond donors (Lipinski definition) is 0. The standard InChI is InChI=1S/C30H22N2/c1-30(2)25-11-4-3-9-21(25)23-17-24-22-10-5-7-19-8-6-12-27(29(19)22)32(28(24)18-26(23)30)20-13-15-31-16-14-20/h3-18H,1-2H3. The maximum Gasteiger partial charge on any atom is 0.0546 e. The molecule has 2 aliphatic rings. The van der Waals surface area contributed by atoms with E-state index in [1.54, 1.807) is 0 Å². The minimum Gasteiger partial charge on any atom is -0.309 e. The predicted molar refractivity (Wildman–Crippen MR) is 133 cm³/mol. The van der Waals surface area contributed by atoms with Gasteiger partial charge in [-0.05, 0) is 63.5 Å². The maximum absolute atomic E-state index is 4.27. The lowest BCUT2D eigenvalue weighted by Crippen LogP contribution is -2.18. The molecule has 0 amide bonds. The van der Waals surface area contributed by atoms with E-state index >= 15 is 0 Å². The van der Waals surface area contributed by atoms with E-state index in [9.17, 15) is 0 Å². The molecule has 2 nitrogen and oxygen atoms in total. The van der Waals surface area contributed by atoms with E-state index in [4.69, 9.17) is 0 Å². The van der Waals surface area contributed by atoms with Gasteiger partial charge in [0.05, 0.1) is 11.4 Å². The summed E-state index contributed by atoms with van der Waals surface area (Å²) in [5, 5.41) is 2.58. The molecule has 2 heterocycles. The van der Waals surface area contributed by atoms with Gasteiger partial charge >= 0.3 is 0 Å². The number of rotatable bonds is 1. The van der Waals surface area contributed by atoms with Crippen molar-refractivity contribution in [2.24, 2.45) is 0 Å². The molecule has 0 fully saturated rings. The molecule has 0 spiro atoms. The Morgan fingerprint density at radius 3 is 2.22 bits per heavy atom. The van der Waals surface area contributed by atoms with Gasteiger partial charge in [0.1, 0.15) is 0 Å². The SMILES string of the molecule is CC1(C)c2ccccc2-c2cc3c(cc21)N(c1ccncc1)c1cccc2cccc-3c12. The zero-order valence-electron chi connectivity index (χ0n) is 18.1. The molecular formula is C30H22N2. The second-order valence-corrected chi connectivity index (χ2v) is 9.31. The molecular weight excluding hydrogens is 388 g/mol. The van der Waals surface area contributed by atoms with Crippen LogP contribution in [-0.4, -0.2) is 4.98 Å². The molecule has 0 saturated carbocycles. The molecule has 7 rings (SSSR count). The van der Waals surface area contributed by atoms with Gasteiger partial charge in [0.2, 0.25) is 0 Å². The van der Waals surface area contributed by atoms with Crippen LogP contribution in [-0.2, 0) is 5.41 Å². The maximum atomic E-state index is 4.27. The van der Waals surface area contributed by atoms with Crippen molar-refractivity contribution in [2.45, 2.75) is 19.3 Å². The highest BCUT2D eigenvalue weighted by Gasteiger charge is 2.38. The second-order valence-electron chi connectivity index (χ2n) is 9.31. The summed E-state index contributed by atoms with van der Waals surface area (Å²) in [5.41, 5.74) is 11.7. The van der Waals surface area contributed by atoms with E-state index in [0.717, 1.165) is 5.69 Å². The van der Waals surface area contributed by atoms with Crippen LogP contribution >= 0.6 is 0 Å². The molecule has 152 valence electrons. The van der Waals surface area contributed by atoms with Crippen molar-refractivity contribution in [3.8, 4) is 22.3 Å². The van der Waals surface area contributed by atoms with E-state index in [-0.39, 0.29) is 5.41 Å². The molecule has 5 aromatic rings. The van der Waals surface area contributed by atoms with Gasteiger partial charge in [-0.1, -0.05) is 68.4 Å². The Hall–Kier alpha value is -3.91. The number of fused-ring (bicyclic) bond motifs is 5. The van der Waals surface area contributed by atoms with Gasteiger partial charge in [0.25, 0.3) is 0 Å². The van der Waals surface area contributed by atoms with Gasteiger partial charge in [-0.3, -0.25) is 4.98 Å². The monoisotopic (exact) mass is 410 g/mol. The first-order valence-corrected chi connectivity index (χ1v) is 11.2. The third-order valence-corrected chi connectivity index (χ3v) is 7.28. The van der Waals surface area contributed by atoms with Gasteiger partial charge in [0, 0.05) is 34.4 Å². The van der Waals surface area contributed by atoms with Crippen molar-refractivity contribution >= 4 is 27.8 Å². The molecule has 1 aliphatic heterocycles. The Labute approximate surface area is 187 Å². The first-order chi connectivity index (χ1) is 15.6. The molecule has 4 aromatic carbocycles. The number of benzene rings is 4. The van der Waals surface area contributed by atoms with E-state index < -0.39 is 0 Å². The summed E-state index contributed by atoms with van der Waals surface area (Å²) < 4.78 is 0. The fourth-order valence-corrected chi connectivity index (χ4v) is 5.77. The summed E-state index contributed by atoms with van der Waals surface area (Å²) in [6.07, 6.45) is 3.76. The minimum atomic E-state index is -0.0339. The molecule has 0 bridgehead atoms. The number of nitrogens with zero attached hydrogens (tertiary/aromatic N) is 2. The van der Waals surface area contributed by atoms with Crippen molar-refractivity contribution in [3.05, 3.63) is 108 Å². The van der Waals surface area contributed by atoms with Crippen molar-refractivity contribution in [3.63, 3.8) is 0 Å². The van der Waals surface area contributed by atoms with Crippen LogP contribution in [0, 0.1) is 0 Å². The predicted octanol–water partition coefficient (Wildman–Crippen LogP) is 7.99. The molecule has 32 heavy (non-hydrogen) atoms. The summed E-state index contributed by atoms with van der Waals surface area (Å²) >= 11 is 0. The topological polar surface area (TPSA) is 16.1 Å². The largest absolute Gasteiger partial charge is 0.309 e. The summed E-state index contributed by atoms with van der Waals surface area (Å²) in [5.74, 6) is 0. The van der Waals surface area contributed by atoms with Crippen LogP contribution in [0.1, 0.15) is 25.0 Å². The van der Waals surface area contributed by atoms with Crippen LogP contribution in [0.25, 0.3) is 33.0 Å². The first kappa shape index (κ1) is 17.7. The minimum absolute atomic E-state index is 0.0339. The molecule has 0 atom stereocenters. The Bertz CT molecular complexity index is 1540. The number of hydrogen-bond acceptors (Lipinski definition) is 2. The van der Waals surface area contributed by atoms with Crippen molar-refractivity contribution in [1.82, 2.24) is 4.98 Å². The fraction of sp³-hybridized carbons (Fsp3) is 0.100. The summed E-state index contributed by atoms with van der Waals surface area (Å²) in [4.78, 5) is 6.68. The van der Waals surface area contributed by atoms with Gasteiger partial charge in [-0.2, -0.15) is 0 Å². The van der Waals surface area contributed by atoms with Crippen LogP contribution in [0.4, 0.5) is 17.1 Å². The third kappa shape index (κ3) is 2.17. The molecule has 0 saturated heterocycles. The highest BCUT2D eigenvalue weighted by molar-refractivity contribution is 6.14. The van der Waals surface area contributed by atoms with Crippen molar-refractivity contribution < 1.29 is 0 Å². The zero-order valence-corrected chi connectivity index (χ0v) is 18.1. The van der Waals surface area contributed by atoms with Gasteiger partial charge in [-0.25, -0.2) is 0 Å². The highest BCUT2D eigenvalue weighted by atomic mass is 15.2. The molecule has 2 heteroatoms. The number of aromatic nitrogens is 1. The third-order valence-electron chi connectivity index (χ3n) is 7.28. The second kappa shape index (κ2) is 6.08. The lowest BCUT2D eigenvalue weighted by molar-refractivity contribution is 0.660. The molecule has 0 unspecified atom stereocenters. The summed E-state index contributed by atoms with van der Waals surface area (Å²) in [7, 11) is 0. The lowest BCUT2D eigenvalue weighted by Gasteiger charge is -2.35. The van der Waals surface area contributed by atoms with E-state index in [1.807, 2.05) is 12.4 Å². The van der Waals surface area contributed by atoms with E-state index in [2.05, 4.69) is 109 Å². The molecule has 1 aromatic heterocycles. The summed E-state index contributed by atoms with van der Waals surface area (Å²) in [6, 6.07) is 31.2. The Balaban J connectivity index is 1.63. The smallest absolute Gasteiger partial charge is 0.0546 e. The number of anilines is 3. The lowest BCUT2D eigenvalue weighted by atomic mass is 9.81. The average Bonchev–Trinajstić information content (AvgIpc) is 3.06. The van der Waals surface area contributed by atoms with Crippen LogP contribution in [0.2, 0.25) is 0 Å². The average molecular weight is 411 g/mol. The molecule has 0 radical (unpaired) electrons. The van der Waals surface area contributed by atoms with Crippen molar-refractivity contribution in [1.29, 1.82) is 0 Å². The van der Waals surface area contributed by atoms with Crippen LogP contribution in [0.5, 0.6) is 0 Å². The fourth-order valence-electron chi connectivity index (χ4n) is 5.77. The Kier molecular flexibility index (Phi) is 3.37. The van der Waals surface area contributed by atoms with Crippen LogP contribution < -0.4 is 4.90 Å². The molecule has 1 aliphatic carbocycles. The van der Waals surface area contributed by atoms with Crippen LogP contribution in [0.15, 0.2) is 97.3 Å². The first-order valence-electron chi connectivity index (χ1n) is 11.2. The van der Waals surface area contributed by atoms with Gasteiger partial charge < -0.3 is 4.90 Å². The quantitative estimate of drug-likeness (QED) is 0.273. The highest BCUT2D eigenvalue weighted by Crippen LogP contribution is 2.56. The van der Waals surface area contributed by atoms with Crippen LogP contribution in [0.3, 0.4) is 0 Å². The van der Waals surface area contributed by atoms with Gasteiger partial charge in [0.15, 0.2) is 0 Å².